The Hall–Kier alpha value is -2.74. The number of alkyl halides is 3. The summed E-state index contributed by atoms with van der Waals surface area (Å²) in [6.07, 6.45) is 0. The number of nitrogens with zero attached hydrogens (tertiary/aromatic N) is 1. The summed E-state index contributed by atoms with van der Waals surface area (Å²) in [5, 5.41) is 1.63. The van der Waals surface area contributed by atoms with E-state index in [4.69, 9.17) is 0 Å². The van der Waals surface area contributed by atoms with Crippen LogP contribution in [0.1, 0.15) is 0 Å². The molecule has 8 heteroatoms. The molecule has 0 aliphatic carbocycles. The van der Waals surface area contributed by atoms with Crippen LogP contribution in [-0.2, 0) is 10.1 Å². The van der Waals surface area contributed by atoms with Gasteiger partial charge in [0, 0.05) is 30.9 Å². The van der Waals surface area contributed by atoms with Gasteiger partial charge in [0.05, 0.1) is 0 Å². The minimum Gasteiger partial charge on any atom is -0.377 e. The lowest BCUT2D eigenvalue weighted by atomic mass is 9.95. The van der Waals surface area contributed by atoms with Gasteiger partial charge in [-0.2, -0.15) is 21.6 Å². The van der Waals surface area contributed by atoms with E-state index in [1.54, 1.807) is 31.1 Å². The summed E-state index contributed by atoms with van der Waals surface area (Å²) in [6.45, 7) is 0. The number of hydrogen-bond donors (Lipinski definition) is 0. The zero-order valence-corrected chi connectivity index (χ0v) is 15.3. The van der Waals surface area contributed by atoms with E-state index >= 15 is 0 Å². The number of hydrogen-bond acceptors (Lipinski definition) is 4. The van der Waals surface area contributed by atoms with Crippen LogP contribution in [0.5, 0.6) is 5.75 Å². The highest BCUT2D eigenvalue weighted by Gasteiger charge is 2.48. The number of rotatable bonds is 4. The van der Waals surface area contributed by atoms with Crippen LogP contribution in [0.2, 0.25) is 0 Å². The Morgan fingerprint density at radius 1 is 0.889 bits per heavy atom. The van der Waals surface area contributed by atoms with Crippen molar-refractivity contribution in [3.63, 3.8) is 0 Å². The summed E-state index contributed by atoms with van der Waals surface area (Å²) in [7, 11) is -2.19. The summed E-state index contributed by atoms with van der Waals surface area (Å²) in [4.78, 5) is 1.80. The van der Waals surface area contributed by atoms with E-state index in [0.29, 0.717) is 11.3 Å². The van der Waals surface area contributed by atoms with Crippen molar-refractivity contribution in [1.29, 1.82) is 0 Å². The molecule has 27 heavy (non-hydrogen) atoms. The molecule has 0 spiro atoms. The summed E-state index contributed by atoms with van der Waals surface area (Å²) in [5.74, 6) is -0.380. The first-order chi connectivity index (χ1) is 12.6. The van der Waals surface area contributed by atoms with Gasteiger partial charge in [0.1, 0.15) is 0 Å². The fraction of sp³-hybridized carbons (Fsp3) is 0.158. The van der Waals surface area contributed by atoms with E-state index in [1.165, 1.54) is 18.2 Å². The minimum absolute atomic E-state index is 0.255. The molecule has 0 amide bonds. The van der Waals surface area contributed by atoms with Crippen LogP contribution >= 0.6 is 0 Å². The first-order valence-electron chi connectivity index (χ1n) is 7.91. The molecular formula is C19H16F3NO3S. The molecule has 0 saturated carbocycles. The standard InChI is InChI=1S/C19H16F3NO3S/c1-23(2)16-12-11-13-7-3-4-8-14(13)18(16)15-9-5-6-10-17(15)26-27(24,25)19(20,21)22/h3-12H,1-2H3. The highest BCUT2D eigenvalue weighted by Crippen LogP contribution is 2.42. The second-order valence-corrected chi connectivity index (χ2v) is 7.59. The SMILES string of the molecule is CN(C)c1ccc2ccccc2c1-c1ccccc1OS(=O)(=O)C(F)(F)F. The van der Waals surface area contributed by atoms with Crippen LogP contribution in [0, 0.1) is 0 Å². The van der Waals surface area contributed by atoms with E-state index in [9.17, 15) is 21.6 Å². The highest BCUT2D eigenvalue weighted by atomic mass is 32.2. The maximum Gasteiger partial charge on any atom is 0.534 e. The van der Waals surface area contributed by atoms with Gasteiger partial charge in [-0.05, 0) is 22.9 Å². The van der Waals surface area contributed by atoms with Gasteiger partial charge in [-0.25, -0.2) is 0 Å². The summed E-state index contributed by atoms with van der Waals surface area (Å²) >= 11 is 0. The Morgan fingerprint density at radius 3 is 2.19 bits per heavy atom. The Balaban J connectivity index is 2.29. The van der Waals surface area contributed by atoms with Gasteiger partial charge in [-0.15, -0.1) is 0 Å². The lowest BCUT2D eigenvalue weighted by molar-refractivity contribution is -0.0499. The molecule has 0 unspecified atom stereocenters. The number of benzene rings is 3. The van der Waals surface area contributed by atoms with Crippen LogP contribution in [0.15, 0.2) is 60.7 Å². The van der Waals surface area contributed by atoms with Crippen LogP contribution in [0.3, 0.4) is 0 Å². The maximum atomic E-state index is 12.8. The van der Waals surface area contributed by atoms with Crippen molar-refractivity contribution < 1.29 is 25.8 Å². The Morgan fingerprint density at radius 2 is 1.52 bits per heavy atom. The topological polar surface area (TPSA) is 46.6 Å². The predicted octanol–water partition coefficient (Wildman–Crippen LogP) is 4.80. The smallest absolute Gasteiger partial charge is 0.377 e. The largest absolute Gasteiger partial charge is 0.534 e. The van der Waals surface area contributed by atoms with Crippen LogP contribution in [0.4, 0.5) is 18.9 Å². The second-order valence-electron chi connectivity index (χ2n) is 6.05. The third kappa shape index (κ3) is 3.57. The van der Waals surface area contributed by atoms with Crippen molar-refractivity contribution in [2.45, 2.75) is 5.51 Å². The van der Waals surface area contributed by atoms with Gasteiger partial charge in [-0.3, -0.25) is 0 Å². The second kappa shape index (κ2) is 6.77. The Kier molecular flexibility index (Phi) is 4.77. The molecular weight excluding hydrogens is 379 g/mol. The summed E-state index contributed by atoms with van der Waals surface area (Å²) < 4.78 is 65.9. The van der Waals surface area contributed by atoms with Crippen LogP contribution in [-0.4, -0.2) is 28.0 Å². The lowest BCUT2D eigenvalue weighted by Gasteiger charge is -2.21. The molecule has 0 radical (unpaired) electrons. The van der Waals surface area contributed by atoms with Crippen molar-refractivity contribution in [2.75, 3.05) is 19.0 Å². The molecule has 3 aromatic carbocycles. The molecule has 0 aliphatic rings. The van der Waals surface area contributed by atoms with Gasteiger partial charge in [0.2, 0.25) is 0 Å². The van der Waals surface area contributed by atoms with Crippen LogP contribution < -0.4 is 9.08 Å². The number of para-hydroxylation sites is 1. The van der Waals surface area contributed by atoms with Crippen molar-refractivity contribution in [2.24, 2.45) is 0 Å². The van der Waals surface area contributed by atoms with Crippen molar-refractivity contribution >= 4 is 26.6 Å². The quantitative estimate of drug-likeness (QED) is 0.470. The molecule has 0 heterocycles. The molecule has 0 atom stereocenters. The normalized spacial score (nSPS) is 12.2. The minimum atomic E-state index is -5.78. The zero-order valence-electron chi connectivity index (χ0n) is 14.5. The molecule has 0 N–H and O–H groups in total. The van der Waals surface area contributed by atoms with Crippen LogP contribution in [0.25, 0.3) is 21.9 Å². The van der Waals surface area contributed by atoms with E-state index in [-0.39, 0.29) is 11.3 Å². The zero-order chi connectivity index (χ0) is 19.8. The first-order valence-corrected chi connectivity index (χ1v) is 9.32. The molecule has 142 valence electrons. The number of anilines is 1. The summed E-state index contributed by atoms with van der Waals surface area (Å²) in [5.41, 5.74) is -3.95. The average Bonchev–Trinajstić information content (AvgIpc) is 2.60. The predicted molar refractivity (Wildman–Crippen MR) is 99.3 cm³/mol. The van der Waals surface area contributed by atoms with E-state index < -0.39 is 15.6 Å². The van der Waals surface area contributed by atoms with E-state index in [1.807, 2.05) is 30.3 Å². The third-order valence-corrected chi connectivity index (χ3v) is 4.99. The van der Waals surface area contributed by atoms with E-state index in [0.717, 1.165) is 10.8 Å². The van der Waals surface area contributed by atoms with Gasteiger partial charge >= 0.3 is 15.6 Å². The average molecular weight is 395 g/mol. The van der Waals surface area contributed by atoms with Crippen molar-refractivity contribution in [1.82, 2.24) is 0 Å². The van der Waals surface area contributed by atoms with Gasteiger partial charge in [0.25, 0.3) is 0 Å². The molecule has 0 aliphatic heterocycles. The molecule has 3 aromatic rings. The number of halogens is 3. The molecule has 4 nitrogen and oxygen atoms in total. The fourth-order valence-electron chi connectivity index (χ4n) is 2.83. The molecule has 3 rings (SSSR count). The number of fused-ring (bicyclic) bond motifs is 1. The van der Waals surface area contributed by atoms with Crippen molar-refractivity contribution in [3.8, 4) is 16.9 Å². The Labute approximate surface area is 154 Å². The maximum absolute atomic E-state index is 12.8. The lowest BCUT2D eigenvalue weighted by Crippen LogP contribution is -2.28. The monoisotopic (exact) mass is 395 g/mol. The van der Waals surface area contributed by atoms with Gasteiger partial charge in [-0.1, -0.05) is 48.5 Å². The first kappa shape index (κ1) is 19.0. The van der Waals surface area contributed by atoms with Gasteiger partial charge in [0.15, 0.2) is 5.75 Å². The molecule has 0 bridgehead atoms. The Bertz CT molecular complexity index is 1090. The fourth-order valence-corrected chi connectivity index (χ4v) is 3.30. The van der Waals surface area contributed by atoms with Crippen molar-refractivity contribution in [3.05, 3.63) is 60.7 Å². The van der Waals surface area contributed by atoms with Gasteiger partial charge < -0.3 is 9.08 Å². The summed E-state index contributed by atoms with van der Waals surface area (Å²) in [6, 6.07) is 16.8. The van der Waals surface area contributed by atoms with E-state index in [2.05, 4.69) is 4.18 Å². The molecule has 0 saturated heterocycles. The highest BCUT2D eigenvalue weighted by molar-refractivity contribution is 7.88. The molecule has 0 fully saturated rings. The third-order valence-electron chi connectivity index (χ3n) is 4.03. The molecule has 0 aromatic heterocycles.